The number of hydrogen-bond acceptors (Lipinski definition) is 3. The van der Waals surface area contributed by atoms with E-state index in [0.29, 0.717) is 0 Å². The van der Waals surface area contributed by atoms with Gasteiger partial charge in [0.2, 0.25) is 5.91 Å². The van der Waals surface area contributed by atoms with E-state index in [1.807, 2.05) is 0 Å². The van der Waals surface area contributed by atoms with E-state index in [9.17, 15) is 4.79 Å². The third kappa shape index (κ3) is 4.27. The van der Waals surface area contributed by atoms with Gasteiger partial charge in [0.05, 0.1) is 0 Å². The zero-order chi connectivity index (χ0) is 9.56. The lowest BCUT2D eigenvalue weighted by Gasteiger charge is -2.00. The standard InChI is InChI=1S/C8H12N2O2/c1-4-7(12)5-8(9-3)10-6(2)11/h4-5,12H,3H2,1-2H3,(H,10,11)/b7-4+,8-5+. The van der Waals surface area contributed by atoms with Crippen LogP contribution >= 0.6 is 0 Å². The molecule has 4 nitrogen and oxygen atoms in total. The SMILES string of the molecule is C=N/C(=C\C(O)=C/C)NC(C)=O. The minimum atomic E-state index is -0.252. The van der Waals surface area contributed by atoms with Crippen molar-refractivity contribution in [3.8, 4) is 0 Å². The molecule has 4 heteroatoms. The molecule has 12 heavy (non-hydrogen) atoms. The number of hydrogen-bond donors (Lipinski definition) is 2. The van der Waals surface area contributed by atoms with Crippen LogP contribution in [0.5, 0.6) is 0 Å². The Hall–Kier alpha value is -1.58. The fourth-order valence-electron chi connectivity index (χ4n) is 0.525. The molecule has 0 aromatic rings. The van der Waals surface area contributed by atoms with E-state index in [1.165, 1.54) is 19.1 Å². The number of allylic oxidation sites excluding steroid dienone is 2. The van der Waals surface area contributed by atoms with Crippen molar-refractivity contribution in [2.45, 2.75) is 13.8 Å². The van der Waals surface area contributed by atoms with Gasteiger partial charge in [0, 0.05) is 13.0 Å². The fraction of sp³-hybridized carbons (Fsp3) is 0.250. The molecule has 0 radical (unpaired) electrons. The topological polar surface area (TPSA) is 61.7 Å². The molecule has 0 saturated heterocycles. The first-order valence-electron chi connectivity index (χ1n) is 3.41. The monoisotopic (exact) mass is 168 g/mol. The predicted molar refractivity (Wildman–Crippen MR) is 47.8 cm³/mol. The first kappa shape index (κ1) is 10.4. The average molecular weight is 168 g/mol. The van der Waals surface area contributed by atoms with Crippen molar-refractivity contribution < 1.29 is 9.90 Å². The summed E-state index contributed by atoms with van der Waals surface area (Å²) in [6.07, 6.45) is 2.79. The molecule has 0 rings (SSSR count). The minimum Gasteiger partial charge on any atom is -0.508 e. The average Bonchev–Trinajstić information content (AvgIpc) is 2.02. The highest BCUT2D eigenvalue weighted by Crippen LogP contribution is 1.97. The molecule has 0 heterocycles. The molecule has 1 amide bonds. The van der Waals surface area contributed by atoms with E-state index in [0.717, 1.165) is 0 Å². The first-order chi connectivity index (χ1) is 5.60. The van der Waals surface area contributed by atoms with Crippen LogP contribution in [0.3, 0.4) is 0 Å². The zero-order valence-electron chi connectivity index (χ0n) is 7.16. The van der Waals surface area contributed by atoms with E-state index < -0.39 is 0 Å². The Morgan fingerprint density at radius 1 is 1.67 bits per heavy atom. The van der Waals surface area contributed by atoms with Crippen LogP contribution < -0.4 is 5.32 Å². The number of carbonyl (C=O) groups is 1. The molecule has 0 spiro atoms. The summed E-state index contributed by atoms with van der Waals surface area (Å²) in [5.74, 6) is 0.0156. The molecule has 0 aromatic carbocycles. The normalized spacial score (nSPS) is 12.5. The van der Waals surface area contributed by atoms with Crippen LogP contribution in [0, 0.1) is 0 Å². The Kier molecular flexibility index (Phi) is 4.45. The number of aliphatic hydroxyl groups is 1. The molecule has 0 saturated carbocycles. The Bertz CT molecular complexity index is 241. The van der Waals surface area contributed by atoms with Crippen molar-refractivity contribution in [1.82, 2.24) is 5.32 Å². The van der Waals surface area contributed by atoms with Crippen LogP contribution in [0.15, 0.2) is 28.7 Å². The highest BCUT2D eigenvalue weighted by molar-refractivity contribution is 5.75. The molecular weight excluding hydrogens is 156 g/mol. The number of nitrogens with zero attached hydrogens (tertiary/aromatic N) is 1. The molecule has 0 fully saturated rings. The molecule has 0 aromatic heterocycles. The highest BCUT2D eigenvalue weighted by Gasteiger charge is 1.95. The Morgan fingerprint density at radius 2 is 2.25 bits per heavy atom. The van der Waals surface area contributed by atoms with Crippen LogP contribution in [0.2, 0.25) is 0 Å². The largest absolute Gasteiger partial charge is 0.508 e. The van der Waals surface area contributed by atoms with Gasteiger partial charge in [-0.15, -0.1) is 0 Å². The lowest BCUT2D eigenvalue weighted by molar-refractivity contribution is -0.118. The van der Waals surface area contributed by atoms with Gasteiger partial charge in [-0.1, -0.05) is 0 Å². The molecule has 66 valence electrons. The molecule has 0 aliphatic heterocycles. The third-order valence-corrected chi connectivity index (χ3v) is 1.05. The maximum atomic E-state index is 10.5. The zero-order valence-corrected chi connectivity index (χ0v) is 7.16. The summed E-state index contributed by atoms with van der Waals surface area (Å²) in [6, 6.07) is 0. The van der Waals surface area contributed by atoms with Crippen molar-refractivity contribution in [2.24, 2.45) is 4.99 Å². The number of aliphatic imine (C=N–C) groups is 1. The molecular formula is C8H12N2O2. The van der Waals surface area contributed by atoms with Gasteiger partial charge in [0.15, 0.2) is 0 Å². The van der Waals surface area contributed by atoms with E-state index in [-0.39, 0.29) is 17.5 Å². The number of carbonyl (C=O) groups excluding carboxylic acids is 1. The third-order valence-electron chi connectivity index (χ3n) is 1.05. The molecule has 0 aliphatic carbocycles. The van der Waals surface area contributed by atoms with Gasteiger partial charge in [-0.3, -0.25) is 4.79 Å². The smallest absolute Gasteiger partial charge is 0.222 e. The van der Waals surface area contributed by atoms with Gasteiger partial charge >= 0.3 is 0 Å². The number of nitrogens with one attached hydrogen (secondary N) is 1. The summed E-state index contributed by atoms with van der Waals surface area (Å²) in [7, 11) is 0. The Balaban J connectivity index is 4.43. The van der Waals surface area contributed by atoms with Gasteiger partial charge in [0.1, 0.15) is 11.6 Å². The summed E-state index contributed by atoms with van der Waals surface area (Å²) in [5, 5.41) is 11.4. The van der Waals surface area contributed by atoms with Gasteiger partial charge in [0.25, 0.3) is 0 Å². The number of amides is 1. The van der Waals surface area contributed by atoms with Crippen molar-refractivity contribution in [3.63, 3.8) is 0 Å². The van der Waals surface area contributed by atoms with Crippen molar-refractivity contribution in [1.29, 1.82) is 0 Å². The summed E-state index contributed by atoms with van der Waals surface area (Å²) < 4.78 is 0. The maximum Gasteiger partial charge on any atom is 0.222 e. The van der Waals surface area contributed by atoms with Crippen LogP contribution in [0.4, 0.5) is 0 Å². The van der Waals surface area contributed by atoms with Crippen molar-refractivity contribution in [3.05, 3.63) is 23.7 Å². The van der Waals surface area contributed by atoms with Gasteiger partial charge in [-0.05, 0) is 19.7 Å². The Labute approximate surface area is 71.3 Å². The van der Waals surface area contributed by atoms with Crippen LogP contribution in [0.1, 0.15) is 13.8 Å². The van der Waals surface area contributed by atoms with Crippen molar-refractivity contribution in [2.75, 3.05) is 0 Å². The van der Waals surface area contributed by atoms with E-state index in [1.54, 1.807) is 6.92 Å². The van der Waals surface area contributed by atoms with E-state index >= 15 is 0 Å². The molecule has 0 atom stereocenters. The predicted octanol–water partition coefficient (Wildman–Crippen LogP) is 1.13. The van der Waals surface area contributed by atoms with Crippen LogP contribution in [-0.4, -0.2) is 17.7 Å². The number of rotatable bonds is 3. The second-order valence-corrected chi connectivity index (χ2v) is 2.08. The van der Waals surface area contributed by atoms with E-state index in [2.05, 4.69) is 17.0 Å². The highest BCUT2D eigenvalue weighted by atomic mass is 16.3. The van der Waals surface area contributed by atoms with Gasteiger partial charge < -0.3 is 10.4 Å². The minimum absolute atomic E-state index is 0.0335. The Morgan fingerprint density at radius 3 is 2.58 bits per heavy atom. The van der Waals surface area contributed by atoms with Gasteiger partial charge in [-0.2, -0.15) is 0 Å². The van der Waals surface area contributed by atoms with Gasteiger partial charge in [-0.25, -0.2) is 4.99 Å². The summed E-state index contributed by atoms with van der Waals surface area (Å²) in [4.78, 5) is 14.0. The fourth-order valence-corrected chi connectivity index (χ4v) is 0.525. The quantitative estimate of drug-likeness (QED) is 0.377. The molecule has 0 aliphatic rings. The van der Waals surface area contributed by atoms with E-state index in [4.69, 9.17) is 5.11 Å². The number of aliphatic hydroxyl groups excluding tert-OH is 1. The van der Waals surface area contributed by atoms with Crippen LogP contribution in [0.25, 0.3) is 0 Å². The van der Waals surface area contributed by atoms with Crippen molar-refractivity contribution >= 4 is 12.6 Å². The maximum absolute atomic E-state index is 10.5. The molecule has 2 N–H and O–H groups in total. The second-order valence-electron chi connectivity index (χ2n) is 2.08. The first-order valence-corrected chi connectivity index (χ1v) is 3.41. The second kappa shape index (κ2) is 5.12. The summed E-state index contributed by atoms with van der Waals surface area (Å²) in [6.45, 7) is 6.25. The lowest BCUT2D eigenvalue weighted by atomic mass is 10.4. The summed E-state index contributed by atoms with van der Waals surface area (Å²) >= 11 is 0. The molecule has 0 bridgehead atoms. The summed E-state index contributed by atoms with van der Waals surface area (Å²) in [5.41, 5.74) is 0. The molecule has 0 unspecified atom stereocenters. The lowest BCUT2D eigenvalue weighted by Crippen LogP contribution is -2.17. The van der Waals surface area contributed by atoms with Crippen LogP contribution in [-0.2, 0) is 4.79 Å².